The first-order chi connectivity index (χ1) is 43.3. The van der Waals surface area contributed by atoms with E-state index in [4.69, 9.17) is 39.4 Å². The van der Waals surface area contributed by atoms with E-state index >= 15 is 0 Å². The molecule has 36 heteroatoms. The summed E-state index contributed by atoms with van der Waals surface area (Å²) in [6.07, 6.45) is -6.77. The van der Waals surface area contributed by atoms with Crippen LogP contribution in [-0.4, -0.2) is 217 Å². The van der Waals surface area contributed by atoms with Crippen LogP contribution in [0.4, 0.5) is 0 Å². The summed E-state index contributed by atoms with van der Waals surface area (Å²) in [7, 11) is 5.70. The van der Waals surface area contributed by atoms with Crippen molar-refractivity contribution in [3.63, 3.8) is 0 Å². The summed E-state index contributed by atoms with van der Waals surface area (Å²) < 4.78 is 29.5. The smallest absolute Gasteiger partial charge is 0.337 e. The average molecular weight is 1360 g/mol. The van der Waals surface area contributed by atoms with Crippen molar-refractivity contribution in [3.05, 3.63) is 76.5 Å². The molecule has 490 valence electrons. The predicted molar refractivity (Wildman–Crippen MR) is 331 cm³/mol. The molecule has 8 rings (SSSR count). The second kappa shape index (κ2) is 30.3. The fourth-order valence-electron chi connectivity index (χ4n) is 9.80. The number of likely N-dealkylation sites (N-methyl/N-ethyl adjacent to an activating group) is 2. The maximum Gasteiger partial charge on any atom is 0.337 e. The number of esters is 1. The minimum Gasteiger partial charge on any atom is -0.506 e. The first-order valence-electron chi connectivity index (χ1n) is 27.9. The molecule has 7 unspecified atom stereocenters. The molecule has 11 atom stereocenters. The zero-order chi connectivity index (χ0) is 66.2. The number of rotatable bonds is 19. The molecule has 0 spiro atoms. The molecule has 0 aromatic carbocycles. The van der Waals surface area contributed by atoms with Crippen LogP contribution >= 0.6 is 56.7 Å². The second-order valence-electron chi connectivity index (χ2n) is 21.0. The molecule has 2 aliphatic heterocycles. The van der Waals surface area contributed by atoms with Crippen LogP contribution < -0.4 is 37.6 Å². The van der Waals surface area contributed by atoms with Crippen LogP contribution in [0.15, 0.2) is 38.7 Å². The minimum absolute atomic E-state index is 0.00474. The molecule has 6 aromatic rings. The van der Waals surface area contributed by atoms with Crippen molar-refractivity contribution in [2.24, 2.45) is 5.73 Å². The van der Waals surface area contributed by atoms with Crippen molar-refractivity contribution in [1.29, 1.82) is 0 Å². The number of amides is 6. The van der Waals surface area contributed by atoms with Gasteiger partial charge in [0, 0.05) is 58.6 Å². The van der Waals surface area contributed by atoms with Crippen molar-refractivity contribution in [2.75, 3.05) is 61.2 Å². The number of primary amides is 1. The number of nitrogens with one attached hydrogen (secondary N) is 6. The molecule has 8 bridgehead atoms. The molecular weight excluding hydrogens is 1290 g/mol. The normalized spacial score (nSPS) is 22.7. The zero-order valence-corrected chi connectivity index (χ0v) is 54.4. The summed E-state index contributed by atoms with van der Waals surface area (Å²) >= 11 is 4.62. The van der Waals surface area contributed by atoms with Gasteiger partial charge in [0.1, 0.15) is 112 Å². The first kappa shape index (κ1) is 69.5. The number of methoxy groups -OCH3 is 2. The van der Waals surface area contributed by atoms with E-state index in [-0.39, 0.29) is 115 Å². The lowest BCUT2D eigenvalue weighted by Gasteiger charge is -2.45. The van der Waals surface area contributed by atoms with Gasteiger partial charge in [-0.25, -0.2) is 34.7 Å². The third-order valence-corrected chi connectivity index (χ3v) is 18.9. The molecule has 0 aliphatic carbocycles. The molecule has 91 heavy (non-hydrogen) atoms. The Hall–Kier alpha value is -7.43. The topological polar surface area (TPSA) is 446 Å². The van der Waals surface area contributed by atoms with E-state index in [0.29, 0.717) is 0 Å². The molecule has 6 amide bonds. The van der Waals surface area contributed by atoms with E-state index < -0.39 is 120 Å². The number of aromatic hydroxyl groups is 1. The maximum atomic E-state index is 14.7. The van der Waals surface area contributed by atoms with Gasteiger partial charge in [0.25, 0.3) is 23.6 Å². The number of allylic oxidation sites excluding steroid dienone is 1. The Kier molecular flexibility index (Phi) is 23.2. The lowest BCUT2D eigenvalue weighted by Crippen LogP contribution is -2.61. The third-order valence-electron chi connectivity index (χ3n) is 14.4. The molecule has 6 aromatic heterocycles. The van der Waals surface area contributed by atoms with Crippen LogP contribution in [0.3, 0.4) is 0 Å². The molecule has 31 nitrogen and oxygen atoms in total. The highest BCUT2D eigenvalue weighted by molar-refractivity contribution is 7.14. The number of carbonyl (C=O) groups excluding carboxylic acids is 7. The fourth-order valence-corrected chi connectivity index (χ4v) is 14.0. The summed E-state index contributed by atoms with van der Waals surface area (Å²) in [6, 6.07) is -4.79. The van der Waals surface area contributed by atoms with Crippen LogP contribution in [0, 0.1) is 0 Å². The molecule has 8 heterocycles. The van der Waals surface area contributed by atoms with Crippen molar-refractivity contribution >= 4 is 104 Å². The van der Waals surface area contributed by atoms with Gasteiger partial charge in [0.05, 0.1) is 51.3 Å². The van der Waals surface area contributed by atoms with Gasteiger partial charge in [0.2, 0.25) is 11.8 Å². The number of hydrogen-bond acceptors (Lipinski definition) is 30. The molecule has 1 fully saturated rings. The Morgan fingerprint density at radius 2 is 1.46 bits per heavy atom. The highest BCUT2D eigenvalue weighted by Gasteiger charge is 2.48. The number of thiazole rings is 5. The average Bonchev–Trinajstić information content (AvgIpc) is 1.88. The van der Waals surface area contributed by atoms with Crippen molar-refractivity contribution in [1.82, 2.24) is 66.7 Å². The lowest BCUT2D eigenvalue weighted by molar-refractivity contribution is -0.270. The molecule has 2 aliphatic rings. The van der Waals surface area contributed by atoms with Crippen LogP contribution in [0.2, 0.25) is 0 Å². The quantitative estimate of drug-likeness (QED) is 0.0396. The summed E-state index contributed by atoms with van der Waals surface area (Å²) in [6.45, 7) is 6.81. The van der Waals surface area contributed by atoms with E-state index in [9.17, 15) is 59.1 Å². The lowest BCUT2D eigenvalue weighted by atomic mass is 9.86. The second-order valence-corrected chi connectivity index (χ2v) is 25.4. The van der Waals surface area contributed by atoms with Gasteiger partial charge in [-0.05, 0) is 54.8 Å². The minimum atomic E-state index is -1.71. The zero-order valence-electron chi connectivity index (χ0n) is 50.4. The number of ether oxygens (including phenoxy) is 5. The van der Waals surface area contributed by atoms with Gasteiger partial charge >= 0.3 is 5.97 Å². The number of aliphatic hydroxyl groups is 4. The van der Waals surface area contributed by atoms with Gasteiger partial charge < -0.3 is 91.8 Å². The molecule has 0 radical (unpaired) electrons. The largest absolute Gasteiger partial charge is 0.506 e. The Balaban J connectivity index is 1.22. The number of carbonyl (C=O) groups is 7. The van der Waals surface area contributed by atoms with Crippen LogP contribution in [0.25, 0.3) is 38.4 Å². The highest BCUT2D eigenvalue weighted by atomic mass is 32.1. The molecule has 13 N–H and O–H groups in total. The Labute approximate surface area is 539 Å². The highest BCUT2D eigenvalue weighted by Crippen LogP contribution is 2.42. The van der Waals surface area contributed by atoms with Crippen LogP contribution in [0.5, 0.6) is 5.75 Å². The van der Waals surface area contributed by atoms with Crippen molar-refractivity contribution in [2.45, 2.75) is 108 Å². The first-order valence-corrected chi connectivity index (χ1v) is 32.3. The number of hydrogen-bond donors (Lipinski definition) is 12. The molecule has 1 saturated heterocycles. The van der Waals surface area contributed by atoms with Crippen molar-refractivity contribution < 1.29 is 82.8 Å². The van der Waals surface area contributed by atoms with Crippen LogP contribution in [-0.2, 0) is 38.1 Å². The number of pyridine rings is 1. The Morgan fingerprint density at radius 3 is 2.09 bits per heavy atom. The summed E-state index contributed by atoms with van der Waals surface area (Å²) in [4.78, 5) is 127. The van der Waals surface area contributed by atoms with E-state index in [1.54, 1.807) is 39.8 Å². The summed E-state index contributed by atoms with van der Waals surface area (Å²) in [5, 5.41) is 78.1. The SMILES string of the molecule is CCOC(C(O[C@H]1C[C@](C)(O)[C@H](NC)[C@H](C)O1)C(=O)OC)C1NC(=O)c2csc(n2)/C(=C(/C)OC)NC(=O)C(C(C)O)NC(=O)c2csc(n2)-c2cc(O)c(-c3nc(C(=O)NC(CN(C)CCO)C(N)=O)cs3)nc2-c2csc(n2)C(CO)NC(=O)c2csc1n2. The molecule has 0 saturated carbocycles. The van der Waals surface area contributed by atoms with Gasteiger partial charge in [-0.15, -0.1) is 56.7 Å². The monoisotopic (exact) mass is 1360 g/mol. The van der Waals surface area contributed by atoms with Gasteiger partial charge in [-0.1, -0.05) is 0 Å². The van der Waals surface area contributed by atoms with Gasteiger partial charge in [0.15, 0.2) is 12.4 Å². The van der Waals surface area contributed by atoms with E-state index in [2.05, 4.69) is 51.8 Å². The van der Waals surface area contributed by atoms with Gasteiger partial charge in [-0.2, -0.15) is 0 Å². The Morgan fingerprint density at radius 1 is 0.846 bits per heavy atom. The Bertz CT molecular complexity index is 3660. The van der Waals surface area contributed by atoms with Crippen LogP contribution in [0.1, 0.15) is 110 Å². The number of aromatic nitrogens is 6. The standard InChI is InChI=1S/C55H68N14O17S5/c1-10-84-40(41(54(80)83-9)86-34-14-55(5,81)42(57-6)24(4)85-34)39-53-64-30(20-91-53)45(76)59-27(16-71)50-60-28(17-88-50)37-25(13-33(73)38(65-37)52-63-29(19-90-52)44(75)58-26(43(56)74)15-69(7)11-12-70)49-61-31(18-87-49)46(77)66-35(22(2)72)48(79)67-36(23(3)82-8)51-62-32(21-89-51)47(78)68-39/h13,17-22,24,26-27,34-35,39-42,57,70-73,81H,10-12,14-16H2,1-9H3,(H2,56,74)(H,58,75)(H,59,76)(H,66,77)(H,67,79)(H,68,78)/b36-23+/t22?,24-,26?,27?,34-,35?,39?,40?,41?,42+,55-/m0/s1. The van der Waals surface area contributed by atoms with Gasteiger partial charge in [-0.3, -0.25) is 28.8 Å². The van der Waals surface area contributed by atoms with E-state index in [0.717, 1.165) is 63.8 Å². The summed E-state index contributed by atoms with van der Waals surface area (Å²) in [5.41, 5.74) is 3.33. The van der Waals surface area contributed by atoms with Crippen molar-refractivity contribution in [3.8, 4) is 38.4 Å². The maximum absolute atomic E-state index is 14.7. The predicted octanol–water partition coefficient (Wildman–Crippen LogP) is 0.894. The van der Waals surface area contributed by atoms with E-state index in [1.807, 2.05) is 0 Å². The number of nitrogens with zero attached hydrogens (tertiary/aromatic N) is 7. The fraction of sp³-hybridized carbons (Fsp3) is 0.473. The summed E-state index contributed by atoms with van der Waals surface area (Å²) in [5.74, 6) is -6.56. The third kappa shape index (κ3) is 16.1. The number of nitrogens with two attached hydrogens (primary N) is 1. The number of aliphatic hydroxyl groups excluding tert-OH is 3. The molecular formula is C55H68N14O17S5. The van der Waals surface area contributed by atoms with E-state index in [1.165, 1.54) is 53.9 Å². The number of fused-ring (bicyclic) bond motifs is 11.